The molecule has 17 nitrogen and oxygen atoms in total. The third kappa shape index (κ3) is 16.0. The molecular formula is C108H160N6O11. The van der Waals surface area contributed by atoms with Crippen molar-refractivity contribution in [3.8, 4) is 0 Å². The van der Waals surface area contributed by atoms with Crippen molar-refractivity contribution in [1.29, 1.82) is 0 Å². The lowest BCUT2D eigenvalue weighted by Gasteiger charge is -2.69. The van der Waals surface area contributed by atoms with Crippen LogP contribution in [0.5, 0.6) is 0 Å². The van der Waals surface area contributed by atoms with Crippen LogP contribution in [0.15, 0.2) is 74.7 Å². The monoisotopic (exact) mass is 1720 g/mol. The van der Waals surface area contributed by atoms with Crippen molar-refractivity contribution >= 4 is 52.4 Å². The average Bonchev–Trinajstić information content (AvgIpc) is 0.711. The predicted molar refractivity (Wildman–Crippen MR) is 496 cm³/mol. The molecule has 1 amide bonds. The number of Topliss-reactive ketones (excluding diaryl/α,β-unsaturated/α-hetero) is 4. The molecule has 1 heterocycles. The van der Waals surface area contributed by atoms with Crippen molar-refractivity contribution in [2.45, 2.75) is 362 Å². The van der Waals surface area contributed by atoms with E-state index in [0.717, 1.165) is 159 Å². The van der Waals surface area contributed by atoms with Crippen LogP contribution in [-0.4, -0.2) is 74.2 Å². The Labute approximate surface area is 757 Å². The fourth-order valence-corrected chi connectivity index (χ4v) is 31.2. The molecule has 0 radical (unpaired) electrons. The van der Waals surface area contributed by atoms with Gasteiger partial charge >= 0.3 is 5.97 Å². The molecule has 16 rings (SSSR count). The third-order valence-corrected chi connectivity index (χ3v) is 38.7. The van der Waals surface area contributed by atoms with Gasteiger partial charge in [0.2, 0.25) is 34.8 Å². The zero-order valence-corrected chi connectivity index (χ0v) is 82.0. The first-order valence-corrected chi connectivity index (χ1v) is 47.4. The molecule has 0 spiro atoms. The van der Waals surface area contributed by atoms with Gasteiger partial charge in [-0.05, 0) is 273 Å². The van der Waals surface area contributed by atoms with E-state index in [9.17, 15) is 48.3 Å². The molecular weight excluding hydrogens is 1560 g/mol. The SMILES string of the molecule is CC.CC.[3H]C.[3H]C.[3H]C.[C-]#[N+]C1=C[C@]2(C)C3=CC(=O)[C@@H]4[C@@H]5CC(C)(C)CC[C@]5(CCC(=O)CNC(C)=O)CC[C@@]4(C)[C@]3(C)CC[C@H]2[C@H](C)C1=O.[C-]#[N+]C1=C[C@]2(C)C3=CC(=O)[C@@H]4[C@@H]5CC(C)(C)CC[C@]5(CCC(=O)O)CC[C@@]4(C)[C@]3(C)CC[C@H]2[C@H](C)C1=O.[C-]#[N+]C1=C[C@]2(C)C3=CC(=O)[C@@H]4[C@@H]5CC(C)(C)CC[C@]5(CCc5nnc(C)o5)CC[C@@]4(C)[C@]3(C)CC[C@H]2[C@H](C)C1=O. The molecule has 0 aromatic carbocycles. The van der Waals surface area contributed by atoms with E-state index < -0.39 is 22.2 Å². The van der Waals surface area contributed by atoms with Crippen LogP contribution in [0.2, 0.25) is 0 Å². The summed E-state index contributed by atoms with van der Waals surface area (Å²) in [6, 6.07) is 0. The van der Waals surface area contributed by atoms with E-state index in [4.69, 9.17) is 28.2 Å². The molecule has 125 heavy (non-hydrogen) atoms. The van der Waals surface area contributed by atoms with Crippen LogP contribution in [-0.2, 0) is 49.6 Å². The van der Waals surface area contributed by atoms with Gasteiger partial charge in [0, 0.05) is 89.0 Å². The number of carbonyl (C=O) groups excluding carboxylic acids is 8. The van der Waals surface area contributed by atoms with Crippen molar-refractivity contribution in [3.63, 3.8) is 0 Å². The molecule has 17 heteroatoms. The van der Waals surface area contributed by atoms with Gasteiger partial charge < -0.3 is 29.2 Å². The van der Waals surface area contributed by atoms with E-state index in [-0.39, 0.29) is 207 Å². The van der Waals surface area contributed by atoms with Gasteiger partial charge in [-0.25, -0.2) is 14.5 Å². The van der Waals surface area contributed by atoms with Crippen molar-refractivity contribution in [1.82, 2.24) is 15.5 Å². The van der Waals surface area contributed by atoms with E-state index in [0.29, 0.717) is 30.5 Å². The van der Waals surface area contributed by atoms with Crippen LogP contribution in [0.1, 0.15) is 364 Å². The number of ketones is 7. The largest absolute Gasteiger partial charge is 0.481 e. The number of nitrogens with one attached hydrogen (secondary N) is 1. The molecule has 0 bridgehead atoms. The Balaban J connectivity index is 0.000000207. The highest BCUT2D eigenvalue weighted by atomic mass is 16.4. The van der Waals surface area contributed by atoms with Gasteiger partial charge in [-0.1, -0.05) is 209 Å². The summed E-state index contributed by atoms with van der Waals surface area (Å²) in [6.07, 6.45) is 36.6. The van der Waals surface area contributed by atoms with Crippen LogP contribution in [0.4, 0.5) is 0 Å². The Kier molecular flexibility index (Phi) is 27.2. The van der Waals surface area contributed by atoms with Gasteiger partial charge in [-0.3, -0.25) is 28.8 Å². The Morgan fingerprint density at radius 1 is 0.456 bits per heavy atom. The van der Waals surface area contributed by atoms with Crippen molar-refractivity contribution in [2.24, 2.45) is 152 Å². The zero-order chi connectivity index (χ0) is 96.2. The number of carbonyl (C=O) groups is 9. The number of rotatable bonds is 11. The van der Waals surface area contributed by atoms with Crippen molar-refractivity contribution in [2.75, 3.05) is 6.54 Å². The fraction of sp³-hybridized carbons (Fsp3) is 0.759. The number of aryl methyl sites for hydroxylation is 2. The number of allylic oxidation sites excluding steroid dienone is 12. The molecule has 0 aliphatic heterocycles. The summed E-state index contributed by atoms with van der Waals surface area (Å²) in [7, 11) is 3.75. The number of aromatic nitrogens is 2. The molecule has 688 valence electrons. The van der Waals surface area contributed by atoms with E-state index in [2.05, 4.69) is 134 Å². The second-order valence-corrected chi connectivity index (χ2v) is 45.8. The Hall–Kier alpha value is -7.32. The molecule has 24 atom stereocenters. The van der Waals surface area contributed by atoms with Gasteiger partial charge in [-0.2, -0.15) is 0 Å². The Morgan fingerprint density at radius 2 is 0.752 bits per heavy atom. The van der Waals surface area contributed by atoms with Crippen LogP contribution in [0.3, 0.4) is 0 Å². The number of nitrogens with zero attached hydrogens (tertiary/aromatic N) is 5. The van der Waals surface area contributed by atoms with E-state index in [1.54, 1.807) is 0 Å². The molecule has 0 unspecified atom stereocenters. The van der Waals surface area contributed by atoms with Crippen LogP contribution in [0.25, 0.3) is 14.5 Å². The third-order valence-electron chi connectivity index (χ3n) is 38.7. The number of fused-ring (bicyclic) bond motifs is 21. The number of carboxylic acid groups (broad SMARTS) is 1. The van der Waals surface area contributed by atoms with Gasteiger partial charge in [0.15, 0.2) is 40.5 Å². The van der Waals surface area contributed by atoms with E-state index >= 15 is 0 Å². The van der Waals surface area contributed by atoms with Gasteiger partial charge in [-0.15, -0.1) is 10.2 Å². The van der Waals surface area contributed by atoms with Crippen LogP contribution < -0.4 is 5.32 Å². The number of hydrogen-bond acceptors (Lipinski definition) is 12. The molecule has 2 N–H and O–H groups in total. The maximum Gasteiger partial charge on any atom is 0.303 e. The van der Waals surface area contributed by atoms with Crippen molar-refractivity contribution < 1.29 is 56.8 Å². The first-order chi connectivity index (χ1) is 59.9. The standard InChI is InChI=1S/C35H48N2O4.C34H45N3O3.C32H43NO4.2C2H6.3CH4/c1-21-24-10-11-33(6)28(32(24,5)19-26(36-8)30(21)41)17-27(40)29-25-18-31(3,4)13-15-35(25,16-14-34(29,33)7)12-9-23(39)20-37-22(2)38;1-20-22-9-11-32(6)26(31(22,5)19-24(35-8)29(20)39)17-25(38)28-23-18-30(3,4)13-15-34(23,16-14-33(28,32)7)12-10-27-37-36-21(2)40-27;1-19-20-8-10-30(5)24(29(20,4)18-22(33-7)27(19)37)16-23(34)26-21-17-28(2,3)12-14-32(21,11-9-25(35)36)15-13-31(26,30)6;2*1-2;;;/h17,19,21,24-25,29H,9-16,18,20H2,1-7H3,(H,37,38);17,19-20,22-23,28H,9-16,18H2,1-7H3;16,18-21,26H,8-15,17H2,1-6H3,(H,35,36);2*1-2H3;3*1H4/t21-,24-,25-,29-,32-,33+,34+,35+;20-,22-,23-,28-,31-,32+,33+,34+;19-,20-,21-,26-,29-,30+,31+,32+;;;;;/m000...../s1/i;;;;;3*1T. The maximum atomic E-state index is 14.6. The average molecular weight is 1720 g/mol. The Morgan fingerprint density at radius 3 is 1.03 bits per heavy atom. The van der Waals surface area contributed by atoms with E-state index in [1.807, 2.05) is 91.8 Å². The van der Waals surface area contributed by atoms with Crippen LogP contribution in [0, 0.1) is 179 Å². The summed E-state index contributed by atoms with van der Waals surface area (Å²) in [6.45, 7) is 75.1. The lowest BCUT2D eigenvalue weighted by atomic mass is 9.34. The number of aliphatic carboxylic acids is 1. The minimum Gasteiger partial charge on any atom is -0.481 e. The van der Waals surface area contributed by atoms with Gasteiger partial charge in [0.1, 0.15) is 0 Å². The minimum absolute atomic E-state index is 0.0221. The summed E-state index contributed by atoms with van der Waals surface area (Å²) < 4.78 is 23.0. The number of amides is 1. The summed E-state index contributed by atoms with van der Waals surface area (Å²) >= 11 is 0. The molecule has 15 aliphatic rings. The first kappa shape index (κ1) is 96.8. The second kappa shape index (κ2) is 35.2. The Bertz CT molecular complexity index is 4810. The molecule has 9 fully saturated rings. The molecule has 0 saturated heterocycles. The van der Waals surface area contributed by atoms with Crippen LogP contribution >= 0.6 is 0 Å². The summed E-state index contributed by atoms with van der Waals surface area (Å²) in [5.41, 5.74) is 1.98. The normalized spacial score (nSPS) is 42.0. The molecule has 9 saturated carbocycles. The van der Waals surface area contributed by atoms with Gasteiger partial charge in [0.05, 0.1) is 26.3 Å². The van der Waals surface area contributed by atoms with Gasteiger partial charge in [0.25, 0.3) is 0 Å². The molecule has 15 aliphatic carbocycles. The summed E-state index contributed by atoms with van der Waals surface area (Å²) in [4.78, 5) is 129. The zero-order valence-electron chi connectivity index (χ0n) is 85.0. The topological polar surface area (TPSA) is 238 Å². The van der Waals surface area contributed by atoms with E-state index in [1.165, 1.54) is 41.1 Å². The van der Waals surface area contributed by atoms with Crippen molar-refractivity contribution in [3.05, 3.63) is 116 Å². The number of hydrogen-bond donors (Lipinski definition) is 2. The molecule has 1 aromatic rings. The first-order valence-electron chi connectivity index (χ1n) is 50.4. The smallest absolute Gasteiger partial charge is 0.303 e. The highest BCUT2D eigenvalue weighted by Gasteiger charge is 2.73. The highest BCUT2D eigenvalue weighted by molar-refractivity contribution is 6.03. The molecule has 1 aromatic heterocycles. The second-order valence-electron chi connectivity index (χ2n) is 45.8. The summed E-state index contributed by atoms with van der Waals surface area (Å²) in [5, 5.41) is 20.6. The quantitative estimate of drug-likeness (QED) is 0.196. The highest BCUT2D eigenvalue weighted by Crippen LogP contribution is 2.79. The summed E-state index contributed by atoms with van der Waals surface area (Å²) in [5.74, 6) is 1.11. The lowest BCUT2D eigenvalue weighted by molar-refractivity contribution is -0.172. The maximum absolute atomic E-state index is 14.6. The lowest BCUT2D eigenvalue weighted by Crippen LogP contribution is -2.64. The fourth-order valence-electron chi connectivity index (χ4n) is 31.2. The number of carboxylic acids is 1. The minimum atomic E-state index is -0.745. The predicted octanol–water partition coefficient (Wildman–Crippen LogP) is 25.1.